The van der Waals surface area contributed by atoms with Gasteiger partial charge in [-0.15, -0.1) is 0 Å². The van der Waals surface area contributed by atoms with Crippen molar-refractivity contribution >= 4 is 33.2 Å². The van der Waals surface area contributed by atoms with Crippen molar-refractivity contribution in [2.45, 2.75) is 38.5 Å². The second-order valence-corrected chi connectivity index (χ2v) is 9.04. The summed E-state index contributed by atoms with van der Waals surface area (Å²) < 4.78 is 27.0. The normalized spacial score (nSPS) is 13.0. The molecule has 2 aromatic rings. The standard InChI is InChI=1S/C20H26ClN3O3S/c1-5-24(6-2)28(26,27)18-13-16(7-8-17(18)21)23-20(25)19(14(3)4)15-9-11-22-12-10-15/h7-14,19H,5-6H2,1-4H3,(H,23,25)/t19-/m0/s1. The molecule has 1 atom stereocenters. The smallest absolute Gasteiger partial charge is 0.244 e. The zero-order chi connectivity index (χ0) is 20.9. The Morgan fingerprint density at radius 2 is 1.75 bits per heavy atom. The topological polar surface area (TPSA) is 79.4 Å². The van der Waals surface area contributed by atoms with Gasteiger partial charge in [0.25, 0.3) is 0 Å². The van der Waals surface area contributed by atoms with Gasteiger partial charge in [0.1, 0.15) is 4.90 Å². The number of rotatable bonds is 8. The third-order valence-corrected chi connectivity index (χ3v) is 7.07. The molecule has 0 unspecified atom stereocenters. The predicted molar refractivity (Wildman–Crippen MR) is 112 cm³/mol. The van der Waals surface area contributed by atoms with E-state index in [4.69, 9.17) is 11.6 Å². The van der Waals surface area contributed by atoms with E-state index in [1.807, 2.05) is 26.0 Å². The second-order valence-electron chi connectivity index (χ2n) is 6.73. The minimum atomic E-state index is -3.74. The third kappa shape index (κ3) is 4.90. The van der Waals surface area contributed by atoms with Gasteiger partial charge in [-0.1, -0.05) is 39.3 Å². The lowest BCUT2D eigenvalue weighted by molar-refractivity contribution is -0.118. The van der Waals surface area contributed by atoms with E-state index in [9.17, 15) is 13.2 Å². The Kier molecular flexibility index (Phi) is 7.57. The third-order valence-electron chi connectivity index (χ3n) is 4.54. The van der Waals surface area contributed by atoms with Crippen molar-refractivity contribution in [3.63, 3.8) is 0 Å². The second kappa shape index (κ2) is 9.49. The molecule has 28 heavy (non-hydrogen) atoms. The van der Waals surface area contributed by atoms with Crippen molar-refractivity contribution in [3.05, 3.63) is 53.3 Å². The van der Waals surface area contributed by atoms with Gasteiger partial charge in [0.05, 0.1) is 10.9 Å². The van der Waals surface area contributed by atoms with Crippen LogP contribution in [0.5, 0.6) is 0 Å². The number of nitrogens with one attached hydrogen (secondary N) is 1. The van der Waals surface area contributed by atoms with Gasteiger partial charge in [0.2, 0.25) is 15.9 Å². The predicted octanol–water partition coefficient (Wildman–Crippen LogP) is 4.14. The molecule has 2 rings (SSSR count). The first-order valence-electron chi connectivity index (χ1n) is 9.22. The van der Waals surface area contributed by atoms with E-state index in [2.05, 4.69) is 10.3 Å². The summed E-state index contributed by atoms with van der Waals surface area (Å²) in [6.07, 6.45) is 3.30. The highest BCUT2D eigenvalue weighted by Gasteiger charge is 2.27. The summed E-state index contributed by atoms with van der Waals surface area (Å²) in [7, 11) is -3.74. The number of carbonyl (C=O) groups excluding carboxylic acids is 1. The van der Waals surface area contributed by atoms with Crippen molar-refractivity contribution in [3.8, 4) is 0 Å². The number of anilines is 1. The largest absolute Gasteiger partial charge is 0.326 e. The van der Waals surface area contributed by atoms with Crippen LogP contribution >= 0.6 is 11.6 Å². The molecule has 0 aliphatic heterocycles. The van der Waals surface area contributed by atoms with E-state index in [0.717, 1.165) is 5.56 Å². The molecule has 0 saturated heterocycles. The van der Waals surface area contributed by atoms with Crippen LogP contribution in [-0.2, 0) is 14.8 Å². The zero-order valence-corrected chi connectivity index (χ0v) is 18.1. The summed E-state index contributed by atoms with van der Waals surface area (Å²) in [6, 6.07) is 8.12. The molecule has 0 radical (unpaired) electrons. The van der Waals surface area contributed by atoms with Gasteiger partial charge in [0.15, 0.2) is 0 Å². The first-order chi connectivity index (χ1) is 13.2. The molecule has 0 fully saturated rings. The van der Waals surface area contributed by atoms with Gasteiger partial charge in [-0.25, -0.2) is 8.42 Å². The van der Waals surface area contributed by atoms with Gasteiger partial charge in [0, 0.05) is 31.2 Å². The Hall–Kier alpha value is -1.96. The highest BCUT2D eigenvalue weighted by Crippen LogP contribution is 2.30. The molecule has 152 valence electrons. The fourth-order valence-electron chi connectivity index (χ4n) is 3.11. The lowest BCUT2D eigenvalue weighted by Gasteiger charge is -2.22. The highest BCUT2D eigenvalue weighted by atomic mass is 35.5. The SMILES string of the molecule is CCN(CC)S(=O)(=O)c1cc(NC(=O)[C@H](c2ccncc2)C(C)C)ccc1Cl. The minimum Gasteiger partial charge on any atom is -0.326 e. The van der Waals surface area contributed by atoms with Crippen LogP contribution in [0.25, 0.3) is 0 Å². The lowest BCUT2D eigenvalue weighted by Crippen LogP contribution is -2.31. The van der Waals surface area contributed by atoms with Crippen LogP contribution in [0.2, 0.25) is 5.02 Å². The molecule has 0 saturated carbocycles. The van der Waals surface area contributed by atoms with E-state index in [-0.39, 0.29) is 27.7 Å². The molecule has 1 amide bonds. The lowest BCUT2D eigenvalue weighted by atomic mass is 9.88. The number of nitrogens with zero attached hydrogens (tertiary/aromatic N) is 2. The molecular weight excluding hydrogens is 398 g/mol. The molecule has 0 bridgehead atoms. The van der Waals surface area contributed by atoms with Crippen molar-refractivity contribution in [1.29, 1.82) is 0 Å². The van der Waals surface area contributed by atoms with Crippen molar-refractivity contribution < 1.29 is 13.2 Å². The molecule has 1 heterocycles. The first-order valence-corrected chi connectivity index (χ1v) is 11.0. The Balaban J connectivity index is 2.35. The Morgan fingerprint density at radius 3 is 2.29 bits per heavy atom. The van der Waals surface area contributed by atoms with E-state index in [1.165, 1.54) is 16.4 Å². The Bertz CT molecular complexity index is 914. The number of pyridine rings is 1. The summed E-state index contributed by atoms with van der Waals surface area (Å²) in [4.78, 5) is 16.9. The van der Waals surface area contributed by atoms with Gasteiger partial charge in [-0.3, -0.25) is 9.78 Å². The maximum Gasteiger partial charge on any atom is 0.244 e. The van der Waals surface area contributed by atoms with E-state index < -0.39 is 10.0 Å². The maximum absolute atomic E-state index is 12.9. The van der Waals surface area contributed by atoms with E-state index >= 15 is 0 Å². The monoisotopic (exact) mass is 423 g/mol. The van der Waals surface area contributed by atoms with Gasteiger partial charge in [-0.2, -0.15) is 4.31 Å². The maximum atomic E-state index is 12.9. The fraction of sp³-hybridized carbons (Fsp3) is 0.400. The number of halogens is 1. The number of carbonyl (C=O) groups is 1. The van der Waals surface area contributed by atoms with Crippen molar-refractivity contribution in [2.24, 2.45) is 5.92 Å². The van der Waals surface area contributed by atoms with Crippen LogP contribution in [-0.4, -0.2) is 36.7 Å². The number of aromatic nitrogens is 1. The van der Waals surface area contributed by atoms with Crippen molar-refractivity contribution in [2.75, 3.05) is 18.4 Å². The van der Waals surface area contributed by atoms with Gasteiger partial charge >= 0.3 is 0 Å². The van der Waals surface area contributed by atoms with Crippen LogP contribution in [0.4, 0.5) is 5.69 Å². The van der Waals surface area contributed by atoms with Crippen LogP contribution in [0, 0.1) is 5.92 Å². The Morgan fingerprint density at radius 1 is 1.14 bits per heavy atom. The number of benzene rings is 1. The van der Waals surface area contributed by atoms with Crippen LogP contribution in [0.3, 0.4) is 0 Å². The van der Waals surface area contributed by atoms with Crippen LogP contribution < -0.4 is 5.32 Å². The first kappa shape index (κ1) is 22.3. The summed E-state index contributed by atoms with van der Waals surface area (Å²) in [5.74, 6) is -0.551. The van der Waals surface area contributed by atoms with Crippen LogP contribution in [0.15, 0.2) is 47.6 Å². The summed E-state index contributed by atoms with van der Waals surface area (Å²) >= 11 is 6.16. The molecule has 6 nitrogen and oxygen atoms in total. The molecule has 0 aliphatic rings. The summed E-state index contributed by atoms with van der Waals surface area (Å²) in [5.41, 5.74) is 1.24. The molecule has 8 heteroatoms. The molecular formula is C20H26ClN3O3S. The summed E-state index contributed by atoms with van der Waals surface area (Å²) in [6.45, 7) is 8.13. The van der Waals surface area contributed by atoms with Gasteiger partial charge < -0.3 is 5.32 Å². The quantitative estimate of drug-likeness (QED) is 0.691. The number of hydrogen-bond donors (Lipinski definition) is 1. The zero-order valence-electron chi connectivity index (χ0n) is 16.5. The number of hydrogen-bond acceptors (Lipinski definition) is 4. The molecule has 0 aliphatic carbocycles. The van der Waals surface area contributed by atoms with Gasteiger partial charge in [-0.05, 0) is 41.8 Å². The molecule has 1 N–H and O–H groups in total. The molecule has 1 aromatic carbocycles. The van der Waals surface area contributed by atoms with E-state index in [0.29, 0.717) is 18.8 Å². The average Bonchev–Trinajstić information content (AvgIpc) is 2.64. The summed E-state index contributed by atoms with van der Waals surface area (Å²) in [5, 5.41) is 2.96. The van der Waals surface area contributed by atoms with Crippen LogP contribution in [0.1, 0.15) is 39.2 Å². The minimum absolute atomic E-state index is 0.0133. The fourth-order valence-corrected chi connectivity index (χ4v) is 5.07. The molecule has 0 spiro atoms. The van der Waals surface area contributed by atoms with Crippen molar-refractivity contribution in [1.82, 2.24) is 9.29 Å². The number of sulfonamides is 1. The Labute approximate surface area is 172 Å². The molecule has 1 aromatic heterocycles. The highest BCUT2D eigenvalue weighted by molar-refractivity contribution is 7.89. The average molecular weight is 424 g/mol. The van der Waals surface area contributed by atoms with E-state index in [1.54, 1.807) is 32.3 Å². The number of amides is 1.